The Hall–Kier alpha value is -2.14. The second-order valence-electron chi connectivity index (χ2n) is 7.11. The van der Waals surface area contributed by atoms with Gasteiger partial charge in [-0.15, -0.1) is 0 Å². The Bertz CT molecular complexity index is 645. The highest BCUT2D eigenvalue weighted by Crippen LogP contribution is 2.26. The molecule has 0 unspecified atom stereocenters. The Morgan fingerprint density at radius 3 is 2.60 bits per heavy atom. The molecule has 25 heavy (non-hydrogen) atoms. The highest BCUT2D eigenvalue weighted by atomic mass is 16.1. The van der Waals surface area contributed by atoms with Gasteiger partial charge in [0.15, 0.2) is 0 Å². The van der Waals surface area contributed by atoms with Crippen molar-refractivity contribution in [2.45, 2.75) is 45.1 Å². The van der Waals surface area contributed by atoms with Gasteiger partial charge in [0.05, 0.1) is 12.9 Å². The van der Waals surface area contributed by atoms with Crippen molar-refractivity contribution < 1.29 is 4.79 Å². The quantitative estimate of drug-likeness (QED) is 0.803. The number of hydrogen-bond acceptors (Lipinski definition) is 3. The summed E-state index contributed by atoms with van der Waals surface area (Å²) in [7, 11) is 0. The molecule has 1 aromatic carbocycles. The van der Waals surface area contributed by atoms with E-state index in [4.69, 9.17) is 5.73 Å². The Kier molecular flexibility index (Phi) is 6.23. The molecule has 0 radical (unpaired) electrons. The monoisotopic (exact) mass is 340 g/mol. The summed E-state index contributed by atoms with van der Waals surface area (Å²) in [6, 6.07) is 8.40. The van der Waals surface area contributed by atoms with E-state index in [9.17, 15) is 4.79 Å². The number of hydrogen-bond donors (Lipinski definition) is 1. The lowest BCUT2D eigenvalue weighted by atomic mass is 9.87. The average molecular weight is 340 g/mol. The fourth-order valence-corrected chi connectivity index (χ4v) is 3.72. The predicted octanol–water partition coefficient (Wildman–Crippen LogP) is 3.13. The van der Waals surface area contributed by atoms with E-state index in [1.54, 1.807) is 12.5 Å². The van der Waals surface area contributed by atoms with Gasteiger partial charge in [-0.25, -0.2) is 4.98 Å². The molecule has 1 aliphatic rings. The van der Waals surface area contributed by atoms with Crippen molar-refractivity contribution in [2.75, 3.05) is 13.1 Å². The van der Waals surface area contributed by atoms with Gasteiger partial charge in [0.25, 0.3) is 0 Å². The van der Waals surface area contributed by atoms with Crippen LogP contribution in [0.15, 0.2) is 43.0 Å². The number of nitrogens with zero attached hydrogens (tertiary/aromatic N) is 3. The number of amides is 1. The summed E-state index contributed by atoms with van der Waals surface area (Å²) >= 11 is 0. The highest BCUT2D eigenvalue weighted by molar-refractivity contribution is 5.75. The summed E-state index contributed by atoms with van der Waals surface area (Å²) < 4.78 is 1.98. The molecule has 1 fully saturated rings. The Labute approximate surface area is 149 Å². The lowest BCUT2D eigenvalue weighted by Crippen LogP contribution is -2.35. The van der Waals surface area contributed by atoms with Crippen molar-refractivity contribution >= 4 is 5.91 Å². The summed E-state index contributed by atoms with van der Waals surface area (Å²) in [5.41, 5.74) is 7.74. The maximum Gasteiger partial charge on any atom is 0.231 e. The summed E-state index contributed by atoms with van der Waals surface area (Å²) in [5.74, 6) is 0.562. The van der Waals surface area contributed by atoms with Crippen LogP contribution in [-0.4, -0.2) is 33.4 Å². The fourth-order valence-electron chi connectivity index (χ4n) is 3.72. The van der Waals surface area contributed by atoms with Crippen molar-refractivity contribution in [3.63, 3.8) is 0 Å². The van der Waals surface area contributed by atoms with E-state index in [1.165, 1.54) is 44.1 Å². The van der Waals surface area contributed by atoms with Crippen LogP contribution in [0.25, 0.3) is 5.69 Å². The lowest BCUT2D eigenvalue weighted by Gasteiger charge is -2.26. The van der Waals surface area contributed by atoms with Crippen LogP contribution in [-0.2, 0) is 11.3 Å². The molecule has 0 bridgehead atoms. The van der Waals surface area contributed by atoms with Crippen LogP contribution in [0.1, 0.15) is 44.1 Å². The van der Waals surface area contributed by atoms with Crippen LogP contribution >= 0.6 is 0 Å². The molecule has 0 spiro atoms. The molecule has 0 atom stereocenters. The first kappa shape index (κ1) is 17.7. The largest absolute Gasteiger partial charge is 0.369 e. The van der Waals surface area contributed by atoms with Crippen molar-refractivity contribution in [3.05, 3.63) is 48.5 Å². The number of imidazole rings is 1. The Balaban J connectivity index is 1.58. The fraction of sp³-hybridized carbons (Fsp3) is 0.500. The number of aromatic nitrogens is 2. The van der Waals surface area contributed by atoms with Crippen LogP contribution < -0.4 is 5.73 Å². The minimum Gasteiger partial charge on any atom is -0.369 e. The zero-order valence-electron chi connectivity index (χ0n) is 14.8. The third kappa shape index (κ3) is 5.43. The maximum absolute atomic E-state index is 11.4. The zero-order chi connectivity index (χ0) is 17.5. The van der Waals surface area contributed by atoms with E-state index >= 15 is 0 Å². The molecule has 134 valence electrons. The molecule has 1 saturated carbocycles. The summed E-state index contributed by atoms with van der Waals surface area (Å²) in [6.07, 6.45) is 13.4. The number of benzene rings is 1. The van der Waals surface area contributed by atoms with Gasteiger partial charge in [-0.2, -0.15) is 0 Å². The molecule has 2 aromatic rings. The second-order valence-corrected chi connectivity index (χ2v) is 7.11. The molecular weight excluding hydrogens is 312 g/mol. The Morgan fingerprint density at radius 1 is 1.20 bits per heavy atom. The molecule has 1 heterocycles. The minimum atomic E-state index is -0.251. The van der Waals surface area contributed by atoms with E-state index in [2.05, 4.69) is 34.1 Å². The second kappa shape index (κ2) is 8.81. The van der Waals surface area contributed by atoms with Crippen molar-refractivity contribution in [3.8, 4) is 5.69 Å². The van der Waals surface area contributed by atoms with Crippen LogP contribution in [0.3, 0.4) is 0 Å². The first-order valence-electron chi connectivity index (χ1n) is 9.28. The topological polar surface area (TPSA) is 64.2 Å². The van der Waals surface area contributed by atoms with Gasteiger partial charge < -0.3 is 10.3 Å². The first-order chi connectivity index (χ1) is 12.2. The SMILES string of the molecule is NC(=O)CN(CCC1CCCCC1)Cc1ccc(-n2ccnc2)cc1. The molecular formula is C20H28N4O. The number of rotatable bonds is 8. The minimum absolute atomic E-state index is 0.251. The normalized spacial score (nSPS) is 15.6. The molecule has 1 aliphatic carbocycles. The van der Waals surface area contributed by atoms with E-state index < -0.39 is 0 Å². The van der Waals surface area contributed by atoms with E-state index in [0.717, 1.165) is 24.7 Å². The van der Waals surface area contributed by atoms with Crippen LogP contribution in [0, 0.1) is 5.92 Å². The molecule has 0 saturated heterocycles. The number of nitrogens with two attached hydrogens (primary N) is 1. The number of primary amides is 1. The smallest absolute Gasteiger partial charge is 0.231 e. The van der Waals surface area contributed by atoms with Gasteiger partial charge in [0.2, 0.25) is 5.91 Å². The summed E-state index contributed by atoms with van der Waals surface area (Å²) in [5, 5.41) is 0. The molecule has 0 aliphatic heterocycles. The predicted molar refractivity (Wildman–Crippen MR) is 99.2 cm³/mol. The van der Waals surface area contributed by atoms with E-state index in [-0.39, 0.29) is 5.91 Å². The first-order valence-corrected chi connectivity index (χ1v) is 9.28. The van der Waals surface area contributed by atoms with Crippen molar-refractivity contribution in [1.82, 2.24) is 14.5 Å². The maximum atomic E-state index is 11.4. The van der Waals surface area contributed by atoms with Gasteiger partial charge in [-0.05, 0) is 36.6 Å². The molecule has 5 nitrogen and oxygen atoms in total. The van der Waals surface area contributed by atoms with Gasteiger partial charge in [0.1, 0.15) is 0 Å². The zero-order valence-corrected chi connectivity index (χ0v) is 14.8. The average Bonchev–Trinajstić information content (AvgIpc) is 3.15. The van der Waals surface area contributed by atoms with Crippen LogP contribution in [0.2, 0.25) is 0 Å². The Morgan fingerprint density at radius 2 is 1.96 bits per heavy atom. The summed E-state index contributed by atoms with van der Waals surface area (Å²) in [6.45, 7) is 2.03. The van der Waals surface area contributed by atoms with Gasteiger partial charge in [-0.1, -0.05) is 44.2 Å². The van der Waals surface area contributed by atoms with Crippen molar-refractivity contribution in [2.24, 2.45) is 11.7 Å². The van der Waals surface area contributed by atoms with E-state index in [0.29, 0.717) is 6.54 Å². The lowest BCUT2D eigenvalue weighted by molar-refractivity contribution is -0.119. The molecule has 2 N–H and O–H groups in total. The van der Waals surface area contributed by atoms with E-state index in [1.807, 2.05) is 10.8 Å². The van der Waals surface area contributed by atoms with Crippen LogP contribution in [0.4, 0.5) is 0 Å². The third-order valence-corrected chi connectivity index (χ3v) is 5.10. The van der Waals surface area contributed by atoms with Crippen molar-refractivity contribution in [1.29, 1.82) is 0 Å². The van der Waals surface area contributed by atoms with Gasteiger partial charge in [0, 0.05) is 24.6 Å². The number of carbonyl (C=O) groups excluding carboxylic acids is 1. The third-order valence-electron chi connectivity index (χ3n) is 5.10. The standard InChI is InChI=1S/C20H28N4O/c21-20(25)15-23(12-10-17-4-2-1-3-5-17)14-18-6-8-19(9-7-18)24-13-11-22-16-24/h6-9,11,13,16-17H,1-5,10,12,14-15H2,(H2,21,25). The molecule has 1 amide bonds. The van der Waals surface area contributed by atoms with Crippen LogP contribution in [0.5, 0.6) is 0 Å². The summed E-state index contributed by atoms with van der Waals surface area (Å²) in [4.78, 5) is 17.7. The molecule has 5 heteroatoms. The molecule has 1 aromatic heterocycles. The van der Waals surface area contributed by atoms with Gasteiger partial charge >= 0.3 is 0 Å². The molecule has 3 rings (SSSR count). The van der Waals surface area contributed by atoms with Gasteiger partial charge in [-0.3, -0.25) is 9.69 Å². The number of carbonyl (C=O) groups is 1. The highest BCUT2D eigenvalue weighted by Gasteiger charge is 2.16.